The van der Waals surface area contributed by atoms with Gasteiger partial charge in [-0.15, -0.1) is 0 Å². The molecule has 1 unspecified atom stereocenters. The van der Waals surface area contributed by atoms with Gasteiger partial charge in [0.05, 0.1) is 18.3 Å². The second kappa shape index (κ2) is 8.77. The van der Waals surface area contributed by atoms with Crippen LogP contribution in [0.15, 0.2) is 24.3 Å². The van der Waals surface area contributed by atoms with Gasteiger partial charge in [0, 0.05) is 32.7 Å². The molecule has 0 aromatic heterocycles. The first kappa shape index (κ1) is 17.6. The van der Waals surface area contributed by atoms with Crippen LogP contribution in [0, 0.1) is 0 Å². The molecule has 1 amide bonds. The van der Waals surface area contributed by atoms with Gasteiger partial charge < -0.3 is 15.0 Å². The molecule has 0 saturated carbocycles. The molecule has 1 aromatic carbocycles. The van der Waals surface area contributed by atoms with Gasteiger partial charge in [0.1, 0.15) is 5.75 Å². The SMILES string of the molecule is CCCNC(=O)C(C)N1CCN(c2ccccc2OCC)CC1. The van der Waals surface area contributed by atoms with Crippen LogP contribution in [0.4, 0.5) is 5.69 Å². The number of hydrogen-bond acceptors (Lipinski definition) is 4. The lowest BCUT2D eigenvalue weighted by atomic mass is 10.2. The van der Waals surface area contributed by atoms with Crippen LogP contribution in [0.3, 0.4) is 0 Å². The predicted molar refractivity (Wildman–Crippen MR) is 94.2 cm³/mol. The highest BCUT2D eigenvalue weighted by Gasteiger charge is 2.26. The highest BCUT2D eigenvalue weighted by Crippen LogP contribution is 2.29. The van der Waals surface area contributed by atoms with E-state index in [0.717, 1.165) is 50.6 Å². The van der Waals surface area contributed by atoms with Crippen LogP contribution in [0.5, 0.6) is 5.75 Å². The number of nitrogens with zero attached hydrogens (tertiary/aromatic N) is 2. The van der Waals surface area contributed by atoms with E-state index >= 15 is 0 Å². The summed E-state index contributed by atoms with van der Waals surface area (Å²) in [6.07, 6.45) is 0.973. The van der Waals surface area contributed by atoms with Gasteiger partial charge in [-0.1, -0.05) is 19.1 Å². The number of rotatable bonds is 7. The van der Waals surface area contributed by atoms with Crippen LogP contribution < -0.4 is 15.0 Å². The summed E-state index contributed by atoms with van der Waals surface area (Å²) in [4.78, 5) is 16.7. The number of hydrogen-bond donors (Lipinski definition) is 1. The fourth-order valence-electron chi connectivity index (χ4n) is 2.91. The Morgan fingerprint density at radius 3 is 2.57 bits per heavy atom. The number of para-hydroxylation sites is 2. The molecule has 0 spiro atoms. The Morgan fingerprint density at radius 1 is 1.22 bits per heavy atom. The van der Waals surface area contributed by atoms with Crippen molar-refractivity contribution >= 4 is 11.6 Å². The lowest BCUT2D eigenvalue weighted by Crippen LogP contribution is -2.54. The lowest BCUT2D eigenvalue weighted by molar-refractivity contribution is -0.126. The topological polar surface area (TPSA) is 44.8 Å². The molecular formula is C18H29N3O2. The van der Waals surface area contributed by atoms with Gasteiger partial charge in [0.2, 0.25) is 5.91 Å². The van der Waals surface area contributed by atoms with E-state index in [1.807, 2.05) is 32.0 Å². The third-order valence-electron chi connectivity index (χ3n) is 4.30. The summed E-state index contributed by atoms with van der Waals surface area (Å²) in [7, 11) is 0. The molecule has 2 rings (SSSR count). The molecule has 1 saturated heterocycles. The largest absolute Gasteiger partial charge is 0.492 e. The summed E-state index contributed by atoms with van der Waals surface area (Å²) < 4.78 is 5.73. The molecule has 1 aliphatic heterocycles. The third kappa shape index (κ3) is 4.61. The number of carbonyl (C=O) groups excluding carboxylic acids is 1. The number of amides is 1. The standard InChI is InChI=1S/C18H29N3O2/c1-4-10-19-18(22)15(3)20-11-13-21(14-12-20)16-8-6-7-9-17(16)23-5-2/h6-9,15H,4-5,10-14H2,1-3H3,(H,19,22). The van der Waals surface area contributed by atoms with Gasteiger partial charge in [-0.3, -0.25) is 9.69 Å². The van der Waals surface area contributed by atoms with Crippen molar-refractivity contribution < 1.29 is 9.53 Å². The van der Waals surface area contributed by atoms with Crippen LogP contribution >= 0.6 is 0 Å². The van der Waals surface area contributed by atoms with Gasteiger partial charge in [0.25, 0.3) is 0 Å². The molecule has 23 heavy (non-hydrogen) atoms. The Bertz CT molecular complexity index is 499. The molecule has 0 aliphatic carbocycles. The summed E-state index contributed by atoms with van der Waals surface area (Å²) in [5.41, 5.74) is 1.15. The van der Waals surface area contributed by atoms with Crippen LogP contribution in [-0.4, -0.2) is 56.2 Å². The van der Waals surface area contributed by atoms with Gasteiger partial charge in [-0.05, 0) is 32.4 Å². The number of benzene rings is 1. The van der Waals surface area contributed by atoms with Crippen molar-refractivity contribution in [1.82, 2.24) is 10.2 Å². The Kier molecular flexibility index (Phi) is 6.71. The van der Waals surface area contributed by atoms with Gasteiger partial charge >= 0.3 is 0 Å². The number of nitrogens with one attached hydrogen (secondary N) is 1. The van der Waals surface area contributed by atoms with Gasteiger partial charge in [-0.2, -0.15) is 0 Å². The van der Waals surface area contributed by atoms with Crippen LogP contribution in [0.1, 0.15) is 27.2 Å². The van der Waals surface area contributed by atoms with Crippen molar-refractivity contribution in [2.75, 3.05) is 44.2 Å². The fourth-order valence-corrected chi connectivity index (χ4v) is 2.91. The highest BCUT2D eigenvalue weighted by molar-refractivity contribution is 5.81. The minimum atomic E-state index is -0.0640. The van der Waals surface area contributed by atoms with Crippen molar-refractivity contribution in [3.8, 4) is 5.75 Å². The molecule has 5 heteroatoms. The average Bonchev–Trinajstić information content (AvgIpc) is 2.60. The molecule has 0 bridgehead atoms. The molecule has 1 aromatic rings. The van der Waals surface area contributed by atoms with Crippen molar-refractivity contribution in [2.24, 2.45) is 0 Å². The summed E-state index contributed by atoms with van der Waals surface area (Å²) in [6, 6.07) is 8.12. The molecular weight excluding hydrogens is 290 g/mol. The minimum Gasteiger partial charge on any atom is -0.492 e. The molecule has 1 heterocycles. The van der Waals surface area contributed by atoms with Crippen molar-refractivity contribution in [3.63, 3.8) is 0 Å². The predicted octanol–water partition coefficient (Wildman–Crippen LogP) is 2.12. The highest BCUT2D eigenvalue weighted by atomic mass is 16.5. The van der Waals surface area contributed by atoms with E-state index in [9.17, 15) is 4.79 Å². The van der Waals surface area contributed by atoms with Crippen LogP contribution in [0.25, 0.3) is 0 Å². The van der Waals surface area contributed by atoms with Crippen molar-refractivity contribution in [1.29, 1.82) is 0 Å². The number of carbonyl (C=O) groups is 1. The molecule has 1 N–H and O–H groups in total. The van der Waals surface area contributed by atoms with Crippen LogP contribution in [-0.2, 0) is 4.79 Å². The van der Waals surface area contributed by atoms with Crippen molar-refractivity contribution in [3.05, 3.63) is 24.3 Å². The Hall–Kier alpha value is -1.75. The van der Waals surface area contributed by atoms with E-state index in [2.05, 4.69) is 28.1 Å². The first-order valence-corrected chi connectivity index (χ1v) is 8.65. The van der Waals surface area contributed by atoms with E-state index in [-0.39, 0.29) is 11.9 Å². The Morgan fingerprint density at radius 2 is 1.91 bits per heavy atom. The van der Waals surface area contributed by atoms with Gasteiger partial charge in [0.15, 0.2) is 0 Å². The molecule has 1 aliphatic rings. The summed E-state index contributed by atoms with van der Waals surface area (Å²) in [6.45, 7) is 11.1. The first-order valence-electron chi connectivity index (χ1n) is 8.65. The summed E-state index contributed by atoms with van der Waals surface area (Å²) in [5, 5.41) is 2.98. The van der Waals surface area contributed by atoms with E-state index in [1.165, 1.54) is 0 Å². The molecule has 0 radical (unpaired) electrons. The zero-order valence-electron chi connectivity index (χ0n) is 14.5. The van der Waals surface area contributed by atoms with E-state index in [1.54, 1.807) is 0 Å². The zero-order chi connectivity index (χ0) is 16.7. The number of piperazine rings is 1. The quantitative estimate of drug-likeness (QED) is 0.836. The molecule has 128 valence electrons. The molecule has 5 nitrogen and oxygen atoms in total. The molecule has 1 fully saturated rings. The fraction of sp³-hybridized carbons (Fsp3) is 0.611. The van der Waals surface area contributed by atoms with Crippen molar-refractivity contribution in [2.45, 2.75) is 33.2 Å². The van der Waals surface area contributed by atoms with Gasteiger partial charge in [-0.25, -0.2) is 0 Å². The second-order valence-electron chi connectivity index (χ2n) is 5.89. The second-order valence-corrected chi connectivity index (χ2v) is 5.89. The number of ether oxygens (including phenoxy) is 1. The lowest BCUT2D eigenvalue weighted by Gasteiger charge is -2.39. The first-order chi connectivity index (χ1) is 11.2. The normalized spacial score (nSPS) is 16.9. The maximum Gasteiger partial charge on any atom is 0.237 e. The van der Waals surface area contributed by atoms with E-state index in [4.69, 9.17) is 4.74 Å². The minimum absolute atomic E-state index is 0.0640. The Labute approximate surface area is 139 Å². The van der Waals surface area contributed by atoms with Crippen LogP contribution in [0.2, 0.25) is 0 Å². The zero-order valence-corrected chi connectivity index (χ0v) is 14.5. The third-order valence-corrected chi connectivity index (χ3v) is 4.30. The maximum atomic E-state index is 12.1. The van der Waals surface area contributed by atoms with E-state index in [0.29, 0.717) is 6.61 Å². The molecule has 1 atom stereocenters. The average molecular weight is 319 g/mol. The smallest absolute Gasteiger partial charge is 0.237 e. The maximum absolute atomic E-state index is 12.1. The monoisotopic (exact) mass is 319 g/mol. The summed E-state index contributed by atoms with van der Waals surface area (Å²) in [5.74, 6) is 1.08. The Balaban J connectivity index is 1.92. The van der Waals surface area contributed by atoms with E-state index < -0.39 is 0 Å². The summed E-state index contributed by atoms with van der Waals surface area (Å²) >= 11 is 0. The number of anilines is 1.